The number of ether oxygens (including phenoxy) is 1. The molecule has 0 fully saturated rings. The highest BCUT2D eigenvalue weighted by atomic mass is 19.1. The van der Waals surface area contributed by atoms with E-state index in [1.54, 1.807) is 23.1 Å². The van der Waals surface area contributed by atoms with Crippen molar-refractivity contribution in [3.05, 3.63) is 70.8 Å². The molecular weight excluding hydrogens is 620 g/mol. The van der Waals surface area contributed by atoms with Crippen molar-refractivity contribution in [2.45, 2.75) is 104 Å². The van der Waals surface area contributed by atoms with Gasteiger partial charge in [-0.25, -0.2) is 8.78 Å². The molecule has 3 atom stereocenters. The Morgan fingerprint density at radius 2 is 1.50 bits per heavy atom. The lowest BCUT2D eigenvalue weighted by Crippen LogP contribution is -2.46. The number of unbranched alkanes of at least 4 members (excludes halogenated alkanes) is 4. The molecule has 0 heterocycles. The highest BCUT2D eigenvalue weighted by molar-refractivity contribution is 5.99. The molecule has 0 aliphatic carbocycles. The summed E-state index contributed by atoms with van der Waals surface area (Å²) in [7, 11) is 1.37. The van der Waals surface area contributed by atoms with E-state index in [1.165, 1.54) is 13.2 Å². The predicted octanol–water partition coefficient (Wildman–Crippen LogP) is 5.98. The molecule has 0 aliphatic rings. The number of nitrogens with zero attached hydrogens (tertiary/aromatic N) is 1. The number of aliphatic hydroxyl groups excluding tert-OH is 1. The van der Waals surface area contributed by atoms with Gasteiger partial charge >= 0.3 is 5.97 Å². The Bertz CT molecular complexity index is 1300. The van der Waals surface area contributed by atoms with Gasteiger partial charge in [-0.1, -0.05) is 46.1 Å². The van der Waals surface area contributed by atoms with Crippen molar-refractivity contribution in [3.8, 4) is 0 Å². The van der Waals surface area contributed by atoms with Crippen LogP contribution in [0.1, 0.15) is 111 Å². The summed E-state index contributed by atoms with van der Waals surface area (Å²) in [5, 5.41) is 17.1. The summed E-state index contributed by atoms with van der Waals surface area (Å²) in [6, 6.07) is 8.37. The standard InChI is InChI=1S/C37H53F2N3O6/c1-5-18-42(19-6-2)37(47)29-15-13-14-28(23-29)36(46)41-32(22-26-20-30(38)25-31(39)21-26)33(43)24-27(7-3)35(45)40-17-12-10-8-9-11-16-34(44)48-4/h13-15,20-21,23,25,27,32-33,43H,5-12,16-19,22,24H2,1-4H3,(H,40,45)(H,41,46)/t27-,32+,33+/m1/s1. The maximum atomic E-state index is 14.1. The van der Waals surface area contributed by atoms with Crippen LogP contribution >= 0.6 is 0 Å². The summed E-state index contributed by atoms with van der Waals surface area (Å²) in [5.74, 6) is -3.32. The molecule has 9 nitrogen and oxygen atoms in total. The molecule has 0 bridgehead atoms. The molecule has 0 aromatic heterocycles. The van der Waals surface area contributed by atoms with Gasteiger partial charge in [0.05, 0.1) is 19.3 Å². The molecule has 0 saturated carbocycles. The number of halogens is 2. The predicted molar refractivity (Wildman–Crippen MR) is 181 cm³/mol. The first kappa shape index (κ1) is 40.3. The summed E-state index contributed by atoms with van der Waals surface area (Å²) in [6.07, 6.45) is 5.36. The van der Waals surface area contributed by atoms with Crippen molar-refractivity contribution in [2.24, 2.45) is 5.92 Å². The van der Waals surface area contributed by atoms with Gasteiger partial charge in [0.1, 0.15) is 11.6 Å². The Morgan fingerprint density at radius 3 is 2.12 bits per heavy atom. The molecule has 0 radical (unpaired) electrons. The van der Waals surface area contributed by atoms with Gasteiger partial charge in [0.25, 0.3) is 11.8 Å². The number of hydrogen-bond donors (Lipinski definition) is 3. The minimum Gasteiger partial charge on any atom is -0.469 e. The van der Waals surface area contributed by atoms with E-state index in [4.69, 9.17) is 0 Å². The maximum Gasteiger partial charge on any atom is 0.305 e. The zero-order valence-corrected chi connectivity index (χ0v) is 28.9. The number of methoxy groups -OCH3 is 1. The van der Waals surface area contributed by atoms with Crippen molar-refractivity contribution in [1.82, 2.24) is 15.5 Å². The fraction of sp³-hybridized carbons (Fsp3) is 0.568. The second kappa shape index (κ2) is 21.9. The van der Waals surface area contributed by atoms with E-state index in [2.05, 4.69) is 15.4 Å². The zero-order valence-electron chi connectivity index (χ0n) is 28.9. The van der Waals surface area contributed by atoms with Crippen molar-refractivity contribution in [2.75, 3.05) is 26.7 Å². The largest absolute Gasteiger partial charge is 0.469 e. The van der Waals surface area contributed by atoms with Crippen LogP contribution in [-0.4, -0.2) is 72.6 Å². The molecule has 0 aliphatic heterocycles. The lowest BCUT2D eigenvalue weighted by Gasteiger charge is -2.27. The number of nitrogens with one attached hydrogen (secondary N) is 2. The quantitative estimate of drug-likeness (QED) is 0.104. The summed E-state index contributed by atoms with van der Waals surface area (Å²) in [6.45, 7) is 7.45. The molecule has 3 amide bonds. The molecule has 2 aromatic rings. The minimum absolute atomic E-state index is 0.0140. The first-order valence-corrected chi connectivity index (χ1v) is 17.2. The third kappa shape index (κ3) is 14.1. The molecule has 0 spiro atoms. The average molecular weight is 674 g/mol. The SMILES string of the molecule is CCCN(CCC)C(=O)c1cccc(C(=O)N[C@@H](Cc2cc(F)cc(F)c2)[C@@H](O)C[C@@H](CC)C(=O)NCCCCCCCC(=O)OC)c1. The van der Waals surface area contributed by atoms with Crippen LogP contribution in [0, 0.1) is 17.6 Å². The smallest absolute Gasteiger partial charge is 0.305 e. The molecule has 2 aromatic carbocycles. The van der Waals surface area contributed by atoms with Crippen LogP contribution in [0.5, 0.6) is 0 Å². The number of carbonyl (C=O) groups excluding carboxylic acids is 4. The minimum atomic E-state index is -1.22. The van der Waals surface area contributed by atoms with E-state index in [0.717, 1.165) is 63.1 Å². The van der Waals surface area contributed by atoms with Crippen molar-refractivity contribution >= 4 is 23.7 Å². The van der Waals surface area contributed by atoms with Gasteiger partial charge in [-0.05, 0) is 80.8 Å². The molecule has 3 N–H and O–H groups in total. The summed E-state index contributed by atoms with van der Waals surface area (Å²) < 4.78 is 32.8. The maximum absolute atomic E-state index is 14.1. The highest BCUT2D eigenvalue weighted by Gasteiger charge is 2.28. The topological polar surface area (TPSA) is 125 Å². The fourth-order valence-electron chi connectivity index (χ4n) is 5.65. The van der Waals surface area contributed by atoms with Crippen LogP contribution in [0.2, 0.25) is 0 Å². The number of aliphatic hydroxyl groups is 1. The van der Waals surface area contributed by atoms with Gasteiger partial charge in [-0.2, -0.15) is 0 Å². The summed E-state index contributed by atoms with van der Waals surface area (Å²) in [4.78, 5) is 52.6. The third-order valence-corrected chi connectivity index (χ3v) is 8.28. The highest BCUT2D eigenvalue weighted by Crippen LogP contribution is 2.19. The molecule has 0 saturated heterocycles. The second-order valence-electron chi connectivity index (χ2n) is 12.2. The van der Waals surface area contributed by atoms with Gasteiger partial charge in [0, 0.05) is 49.2 Å². The summed E-state index contributed by atoms with van der Waals surface area (Å²) in [5.41, 5.74) is 0.795. The average Bonchev–Trinajstić information content (AvgIpc) is 3.06. The molecule has 48 heavy (non-hydrogen) atoms. The lowest BCUT2D eigenvalue weighted by molar-refractivity contribution is -0.140. The number of esters is 1. The summed E-state index contributed by atoms with van der Waals surface area (Å²) >= 11 is 0. The second-order valence-corrected chi connectivity index (χ2v) is 12.2. The molecule has 266 valence electrons. The van der Waals surface area contributed by atoms with Crippen LogP contribution < -0.4 is 10.6 Å². The van der Waals surface area contributed by atoms with Crippen LogP contribution in [0.25, 0.3) is 0 Å². The van der Waals surface area contributed by atoms with Crippen LogP contribution in [0.3, 0.4) is 0 Å². The Morgan fingerprint density at radius 1 is 0.875 bits per heavy atom. The van der Waals surface area contributed by atoms with Crippen molar-refractivity contribution < 1.29 is 37.8 Å². The number of hydrogen-bond acceptors (Lipinski definition) is 6. The van der Waals surface area contributed by atoms with Crippen molar-refractivity contribution in [3.63, 3.8) is 0 Å². The van der Waals surface area contributed by atoms with E-state index < -0.39 is 35.6 Å². The van der Waals surface area contributed by atoms with Gasteiger partial charge < -0.3 is 25.4 Å². The number of benzene rings is 2. The van der Waals surface area contributed by atoms with Crippen LogP contribution in [0.15, 0.2) is 42.5 Å². The van der Waals surface area contributed by atoms with E-state index >= 15 is 0 Å². The fourth-order valence-corrected chi connectivity index (χ4v) is 5.65. The van der Waals surface area contributed by atoms with Crippen LogP contribution in [0.4, 0.5) is 8.78 Å². The van der Waals surface area contributed by atoms with E-state index in [1.807, 2.05) is 20.8 Å². The zero-order chi connectivity index (χ0) is 35.5. The first-order valence-electron chi connectivity index (χ1n) is 17.2. The number of rotatable bonds is 22. The van der Waals surface area contributed by atoms with Crippen molar-refractivity contribution in [1.29, 1.82) is 0 Å². The van der Waals surface area contributed by atoms with Gasteiger partial charge in [-0.3, -0.25) is 19.2 Å². The van der Waals surface area contributed by atoms with Gasteiger partial charge in [-0.15, -0.1) is 0 Å². The van der Waals surface area contributed by atoms with Gasteiger partial charge in [0.15, 0.2) is 0 Å². The van der Waals surface area contributed by atoms with E-state index in [9.17, 15) is 33.1 Å². The third-order valence-electron chi connectivity index (χ3n) is 8.28. The Labute approximate surface area is 283 Å². The van der Waals surface area contributed by atoms with E-state index in [-0.39, 0.29) is 41.8 Å². The lowest BCUT2D eigenvalue weighted by atomic mass is 9.91. The Balaban J connectivity index is 2.11. The van der Waals surface area contributed by atoms with E-state index in [0.29, 0.717) is 38.0 Å². The first-order chi connectivity index (χ1) is 23.0. The molecular formula is C37H53F2N3O6. The number of amides is 3. The Hall–Kier alpha value is -3.86. The molecule has 0 unspecified atom stereocenters. The molecule has 11 heteroatoms. The van der Waals surface area contributed by atoms with Gasteiger partial charge in [0.2, 0.25) is 5.91 Å². The number of carbonyl (C=O) groups is 4. The monoisotopic (exact) mass is 673 g/mol. The molecule has 2 rings (SSSR count). The van der Waals surface area contributed by atoms with Crippen LogP contribution in [-0.2, 0) is 20.7 Å². The Kier molecular flexibility index (Phi) is 18.4. The normalized spacial score (nSPS) is 12.9.